The number of amidine groups is 1. The summed E-state index contributed by atoms with van der Waals surface area (Å²) >= 11 is 0. The van der Waals surface area contributed by atoms with Crippen molar-refractivity contribution in [2.75, 3.05) is 18.1 Å². The maximum absolute atomic E-state index is 6.05. The summed E-state index contributed by atoms with van der Waals surface area (Å²) in [6.45, 7) is 0.814. The number of nitrogens with zero attached hydrogens (tertiary/aromatic N) is 3. The quantitative estimate of drug-likeness (QED) is 0.108. The number of nitrogens with one attached hydrogen (secondary N) is 2. The Kier molecular flexibility index (Phi) is 7.51. The summed E-state index contributed by atoms with van der Waals surface area (Å²) in [6.07, 6.45) is 14.0. The average molecular weight is 532 g/mol. The van der Waals surface area contributed by atoms with E-state index in [-0.39, 0.29) is 0 Å². The average Bonchev–Trinajstić information content (AvgIpc) is 3.60. The largest absolute Gasteiger partial charge is 0.553 e. The number of hydrazine groups is 1. The van der Waals surface area contributed by atoms with Gasteiger partial charge in [-0.2, -0.15) is 0 Å². The Morgan fingerprint density at radius 3 is 2.52 bits per heavy atom. The van der Waals surface area contributed by atoms with Crippen LogP contribution >= 0.6 is 0 Å². The lowest BCUT2D eigenvalue weighted by molar-refractivity contribution is -0.516. The summed E-state index contributed by atoms with van der Waals surface area (Å²) in [5, 5.41) is 3.55. The molecule has 1 fully saturated rings. The van der Waals surface area contributed by atoms with Gasteiger partial charge in [0.05, 0.1) is 7.05 Å². The first-order valence-electron chi connectivity index (χ1n) is 14.3. The number of fused-ring (bicyclic) bond motifs is 2. The van der Waals surface area contributed by atoms with Gasteiger partial charge >= 0.3 is 7.55 Å². The molecule has 3 aromatic rings. The highest BCUT2D eigenvalue weighted by atomic mass is 15.3. The number of hydrogen-bond acceptors (Lipinski definition) is 4. The van der Waals surface area contributed by atoms with E-state index in [1.54, 1.807) is 0 Å². The van der Waals surface area contributed by atoms with E-state index in [0.29, 0.717) is 5.92 Å². The van der Waals surface area contributed by atoms with Crippen LogP contribution in [0.5, 0.6) is 0 Å². The topological polar surface area (TPSA) is 87.3 Å². The lowest BCUT2D eigenvalue weighted by atomic mass is 9.86. The van der Waals surface area contributed by atoms with E-state index in [1.165, 1.54) is 43.2 Å². The molecular weight excluding hydrogens is 493 g/mol. The van der Waals surface area contributed by atoms with Crippen LogP contribution in [0.1, 0.15) is 55.3 Å². The highest BCUT2D eigenvalue weighted by Crippen LogP contribution is 2.38. The van der Waals surface area contributed by atoms with Crippen molar-refractivity contribution in [3.63, 3.8) is 0 Å². The van der Waals surface area contributed by atoms with Gasteiger partial charge in [-0.05, 0) is 53.8 Å². The van der Waals surface area contributed by atoms with Crippen molar-refractivity contribution in [1.29, 1.82) is 0 Å². The van der Waals surface area contributed by atoms with Crippen molar-refractivity contribution in [2.24, 2.45) is 11.8 Å². The molecular formula is C32H38BN7+. The summed E-state index contributed by atoms with van der Waals surface area (Å²) in [4.78, 5) is 2.28. The number of nitrogen functional groups attached to an aromatic ring is 1. The number of allylic oxidation sites excluding steroid dienone is 2. The molecule has 6 rings (SSSR count). The Morgan fingerprint density at radius 2 is 1.77 bits per heavy atom. The molecule has 0 saturated heterocycles. The third-order valence-electron chi connectivity index (χ3n) is 8.22. The molecule has 0 unspecified atom stereocenters. The van der Waals surface area contributed by atoms with Crippen LogP contribution in [0.3, 0.4) is 0 Å². The molecule has 1 saturated carbocycles. The van der Waals surface area contributed by atoms with E-state index >= 15 is 0 Å². The van der Waals surface area contributed by atoms with Gasteiger partial charge in [0.15, 0.2) is 0 Å². The molecule has 0 bridgehead atoms. The first-order valence-corrected chi connectivity index (χ1v) is 14.3. The predicted octanol–water partition coefficient (Wildman–Crippen LogP) is 5.03. The minimum Gasteiger partial charge on any atom is -0.399 e. The first kappa shape index (κ1) is 26.1. The van der Waals surface area contributed by atoms with Crippen molar-refractivity contribution in [2.45, 2.75) is 45.1 Å². The van der Waals surface area contributed by atoms with Crippen molar-refractivity contribution < 1.29 is 4.58 Å². The summed E-state index contributed by atoms with van der Waals surface area (Å²) in [5.74, 6) is 8.74. The molecule has 0 amide bonds. The number of rotatable bonds is 8. The van der Waals surface area contributed by atoms with Crippen molar-refractivity contribution in [3.8, 4) is 0 Å². The van der Waals surface area contributed by atoms with Crippen LogP contribution in [-0.2, 0) is 6.54 Å². The zero-order valence-corrected chi connectivity index (χ0v) is 23.2. The molecule has 0 spiro atoms. The normalized spacial score (nSPS) is 18.4. The van der Waals surface area contributed by atoms with Gasteiger partial charge in [0.25, 0.3) is 5.84 Å². The second-order valence-electron chi connectivity index (χ2n) is 11.0. The fourth-order valence-electron chi connectivity index (χ4n) is 6.12. The minimum absolute atomic E-state index is 0.696. The summed E-state index contributed by atoms with van der Waals surface area (Å²) in [6, 6.07) is 23.0. The van der Waals surface area contributed by atoms with Crippen LogP contribution in [0.4, 0.5) is 11.5 Å². The van der Waals surface area contributed by atoms with Gasteiger partial charge in [0, 0.05) is 34.9 Å². The molecule has 1 aliphatic carbocycles. The highest BCUT2D eigenvalue weighted by molar-refractivity contribution is 6.41. The van der Waals surface area contributed by atoms with Gasteiger partial charge in [-0.3, -0.25) is 15.2 Å². The third kappa shape index (κ3) is 5.32. The van der Waals surface area contributed by atoms with Crippen molar-refractivity contribution >= 4 is 30.5 Å². The Bertz CT molecular complexity index is 1480. The second kappa shape index (κ2) is 11.5. The molecule has 0 atom stereocenters. The molecule has 1 aromatic heterocycles. The van der Waals surface area contributed by atoms with Crippen molar-refractivity contribution in [3.05, 3.63) is 113 Å². The molecule has 2 aliphatic heterocycles. The van der Waals surface area contributed by atoms with E-state index in [9.17, 15) is 0 Å². The monoisotopic (exact) mass is 531 g/mol. The van der Waals surface area contributed by atoms with Crippen LogP contribution in [0.2, 0.25) is 0 Å². The summed E-state index contributed by atoms with van der Waals surface area (Å²) in [5.41, 5.74) is 16.6. The lowest BCUT2D eigenvalue weighted by Crippen LogP contribution is -2.41. The van der Waals surface area contributed by atoms with Gasteiger partial charge in [-0.1, -0.05) is 74.6 Å². The van der Waals surface area contributed by atoms with Crippen molar-refractivity contribution in [1.82, 2.24) is 14.7 Å². The number of hydrogen-bond donors (Lipinski definition) is 4. The zero-order valence-electron chi connectivity index (χ0n) is 23.2. The van der Waals surface area contributed by atoms with E-state index in [4.69, 9.17) is 11.6 Å². The SMILES string of the molecule is C[N+](Cc1ccccc1)=C1C=CC2=C(c3ccc(N)cc3)c3ccc(NC=C(CC4CCCCC4)NN)n3[B]N21. The van der Waals surface area contributed by atoms with Gasteiger partial charge in [0.2, 0.25) is 0 Å². The molecule has 203 valence electrons. The van der Waals surface area contributed by atoms with E-state index < -0.39 is 0 Å². The maximum atomic E-state index is 6.05. The van der Waals surface area contributed by atoms with Gasteiger partial charge in [-0.15, -0.1) is 0 Å². The molecule has 2 aromatic carbocycles. The molecule has 3 heterocycles. The molecule has 7 nitrogen and oxygen atoms in total. The lowest BCUT2D eigenvalue weighted by Gasteiger charge is -2.26. The van der Waals surface area contributed by atoms with Crippen LogP contribution < -0.4 is 22.3 Å². The zero-order chi connectivity index (χ0) is 27.5. The van der Waals surface area contributed by atoms with E-state index in [2.05, 4.69) is 106 Å². The Balaban J connectivity index is 1.34. The molecule has 6 N–H and O–H groups in total. The molecule has 1 radical (unpaired) electrons. The Morgan fingerprint density at radius 1 is 1.00 bits per heavy atom. The summed E-state index contributed by atoms with van der Waals surface area (Å²) in [7, 11) is 4.32. The van der Waals surface area contributed by atoms with Crippen LogP contribution in [0.25, 0.3) is 5.57 Å². The second-order valence-corrected chi connectivity index (χ2v) is 11.0. The Labute approximate surface area is 237 Å². The summed E-state index contributed by atoms with van der Waals surface area (Å²) < 4.78 is 4.52. The van der Waals surface area contributed by atoms with E-state index in [0.717, 1.165) is 53.0 Å². The van der Waals surface area contributed by atoms with Crippen LogP contribution in [0.15, 0.2) is 96.5 Å². The standard InChI is InChI=1S/C32H37BN7/c1-38(22-24-10-6-3-7-11-24)31-19-17-29-32(25-12-14-26(34)15-13-25)28-16-18-30(39(28)33-40(29)31)36-21-27(37-35)20-23-8-4-2-5-9-23/h3,6-7,10-19,21,23,37H,2,4-5,8-9,20,22,35H2,1H3,(H2,34,36)/p+1. The third-order valence-corrected chi connectivity index (χ3v) is 8.22. The van der Waals surface area contributed by atoms with Crippen LogP contribution in [-0.4, -0.2) is 34.3 Å². The fourth-order valence-corrected chi connectivity index (χ4v) is 6.12. The van der Waals surface area contributed by atoms with E-state index in [1.807, 2.05) is 18.3 Å². The Hall–Kier alpha value is -4.17. The molecule has 8 heteroatoms. The maximum Gasteiger partial charge on any atom is 0.553 e. The minimum atomic E-state index is 0.696. The highest BCUT2D eigenvalue weighted by Gasteiger charge is 2.39. The van der Waals surface area contributed by atoms with Crippen LogP contribution in [0, 0.1) is 5.92 Å². The number of anilines is 2. The predicted molar refractivity (Wildman–Crippen MR) is 165 cm³/mol. The van der Waals surface area contributed by atoms with Gasteiger partial charge < -0.3 is 21.0 Å². The first-order chi connectivity index (χ1) is 19.6. The number of benzene rings is 2. The molecule has 3 aliphatic rings. The number of nitrogens with two attached hydrogens (primary N) is 2. The molecule has 40 heavy (non-hydrogen) atoms. The smallest absolute Gasteiger partial charge is 0.399 e. The number of aromatic nitrogens is 1. The van der Waals surface area contributed by atoms with Gasteiger partial charge in [-0.25, -0.2) is 0 Å². The van der Waals surface area contributed by atoms with Gasteiger partial charge in [0.1, 0.15) is 18.1 Å². The fraction of sp³-hybridized carbons (Fsp3) is 0.281.